The molecule has 0 saturated carbocycles. The summed E-state index contributed by atoms with van der Waals surface area (Å²) in [5.41, 5.74) is 1.00. The number of piperidine rings is 1. The molecule has 0 unspecified atom stereocenters. The fourth-order valence-electron chi connectivity index (χ4n) is 1.93. The van der Waals surface area contributed by atoms with Gasteiger partial charge in [-0.25, -0.2) is 0 Å². The van der Waals surface area contributed by atoms with E-state index in [1.54, 1.807) is 0 Å². The number of ether oxygens (including phenoxy) is 1. The van der Waals surface area contributed by atoms with Crippen molar-refractivity contribution < 1.29 is 9.53 Å². The summed E-state index contributed by atoms with van der Waals surface area (Å²) in [5.74, 6) is -0.135. The molecular weight excluding hydrogens is 282 g/mol. The zero-order chi connectivity index (χ0) is 12.1. The van der Waals surface area contributed by atoms with Gasteiger partial charge in [0.1, 0.15) is 12.6 Å². The first-order valence-electron chi connectivity index (χ1n) is 5.90. The molecule has 0 radical (unpaired) electrons. The second-order valence-electron chi connectivity index (χ2n) is 4.24. The van der Waals surface area contributed by atoms with Crippen LogP contribution in [0.15, 0.2) is 28.7 Å². The van der Waals surface area contributed by atoms with Gasteiger partial charge in [0.25, 0.3) is 0 Å². The third kappa shape index (κ3) is 3.82. The van der Waals surface area contributed by atoms with Crippen LogP contribution in [0.1, 0.15) is 24.8 Å². The van der Waals surface area contributed by atoms with Crippen LogP contribution in [0.2, 0.25) is 0 Å². The molecule has 3 nitrogen and oxygen atoms in total. The molecule has 2 rings (SSSR count). The molecule has 1 heterocycles. The van der Waals surface area contributed by atoms with E-state index in [2.05, 4.69) is 21.2 Å². The van der Waals surface area contributed by atoms with Crippen molar-refractivity contribution in [2.75, 3.05) is 6.54 Å². The Bertz CT molecular complexity index is 389. The molecule has 0 amide bonds. The molecule has 1 aromatic rings. The van der Waals surface area contributed by atoms with E-state index in [4.69, 9.17) is 4.74 Å². The number of hydrogen-bond donors (Lipinski definition) is 1. The average Bonchev–Trinajstić information content (AvgIpc) is 2.37. The normalized spacial score (nSPS) is 19.9. The van der Waals surface area contributed by atoms with Crippen molar-refractivity contribution in [1.82, 2.24) is 5.32 Å². The van der Waals surface area contributed by atoms with Gasteiger partial charge in [-0.05, 0) is 37.1 Å². The predicted octanol–water partition coefficient (Wildman–Crippen LogP) is 2.63. The van der Waals surface area contributed by atoms with E-state index in [9.17, 15) is 4.79 Å². The molecule has 1 fully saturated rings. The molecule has 1 aromatic carbocycles. The first-order chi connectivity index (χ1) is 8.25. The van der Waals surface area contributed by atoms with E-state index in [0.717, 1.165) is 35.8 Å². The van der Waals surface area contributed by atoms with Crippen molar-refractivity contribution in [1.29, 1.82) is 0 Å². The lowest BCUT2D eigenvalue weighted by Gasteiger charge is -2.21. The van der Waals surface area contributed by atoms with E-state index < -0.39 is 0 Å². The second-order valence-corrected chi connectivity index (χ2v) is 5.16. The summed E-state index contributed by atoms with van der Waals surface area (Å²) in [7, 11) is 0. The zero-order valence-corrected chi connectivity index (χ0v) is 11.2. The van der Waals surface area contributed by atoms with Gasteiger partial charge in [0, 0.05) is 4.47 Å². The minimum atomic E-state index is -0.135. The highest BCUT2D eigenvalue weighted by Gasteiger charge is 2.21. The molecule has 1 aliphatic heterocycles. The molecule has 4 heteroatoms. The molecule has 1 aliphatic rings. The Morgan fingerprint density at radius 3 is 3.06 bits per heavy atom. The number of nitrogens with one attached hydrogen (secondary N) is 1. The summed E-state index contributed by atoms with van der Waals surface area (Å²) in [6, 6.07) is 7.68. The SMILES string of the molecule is O=C(OCc1cccc(Br)c1)[C@H]1CCCCN1. The molecule has 92 valence electrons. The number of hydrogen-bond acceptors (Lipinski definition) is 3. The monoisotopic (exact) mass is 297 g/mol. The smallest absolute Gasteiger partial charge is 0.323 e. The van der Waals surface area contributed by atoms with Gasteiger partial charge >= 0.3 is 5.97 Å². The number of halogens is 1. The lowest BCUT2D eigenvalue weighted by molar-refractivity contribution is -0.148. The van der Waals surface area contributed by atoms with Crippen LogP contribution in [0.3, 0.4) is 0 Å². The summed E-state index contributed by atoms with van der Waals surface area (Å²) in [6.45, 7) is 1.26. The first kappa shape index (κ1) is 12.6. The summed E-state index contributed by atoms with van der Waals surface area (Å²) in [4.78, 5) is 11.8. The average molecular weight is 298 g/mol. The van der Waals surface area contributed by atoms with Crippen molar-refractivity contribution in [3.8, 4) is 0 Å². The van der Waals surface area contributed by atoms with Crippen LogP contribution < -0.4 is 5.32 Å². The minimum absolute atomic E-state index is 0.115. The van der Waals surface area contributed by atoms with E-state index in [1.165, 1.54) is 0 Å². The van der Waals surface area contributed by atoms with Gasteiger partial charge < -0.3 is 10.1 Å². The fraction of sp³-hybridized carbons (Fsp3) is 0.462. The number of benzene rings is 1. The Balaban J connectivity index is 1.83. The zero-order valence-electron chi connectivity index (χ0n) is 9.62. The molecule has 1 saturated heterocycles. The maximum absolute atomic E-state index is 11.8. The second kappa shape index (κ2) is 6.17. The number of carbonyl (C=O) groups is 1. The van der Waals surface area contributed by atoms with Gasteiger partial charge in [-0.15, -0.1) is 0 Å². The van der Waals surface area contributed by atoms with Crippen molar-refractivity contribution in [2.45, 2.75) is 31.9 Å². The van der Waals surface area contributed by atoms with Gasteiger partial charge in [0.15, 0.2) is 0 Å². The maximum atomic E-state index is 11.8. The number of carbonyl (C=O) groups excluding carboxylic acids is 1. The van der Waals surface area contributed by atoms with E-state index in [0.29, 0.717) is 6.61 Å². The Morgan fingerprint density at radius 2 is 2.35 bits per heavy atom. The van der Waals surface area contributed by atoms with E-state index in [1.807, 2.05) is 24.3 Å². The summed E-state index contributed by atoms with van der Waals surface area (Å²) in [5, 5.41) is 3.18. The van der Waals surface area contributed by atoms with Crippen molar-refractivity contribution in [2.24, 2.45) is 0 Å². The van der Waals surface area contributed by atoms with E-state index >= 15 is 0 Å². The van der Waals surface area contributed by atoms with Crippen LogP contribution >= 0.6 is 15.9 Å². The topological polar surface area (TPSA) is 38.3 Å². The minimum Gasteiger partial charge on any atom is -0.460 e. The highest BCUT2D eigenvalue weighted by atomic mass is 79.9. The van der Waals surface area contributed by atoms with Crippen LogP contribution in [-0.4, -0.2) is 18.6 Å². The van der Waals surface area contributed by atoms with E-state index in [-0.39, 0.29) is 12.0 Å². The van der Waals surface area contributed by atoms with Gasteiger partial charge in [0.05, 0.1) is 0 Å². The Labute approximate surface area is 110 Å². The molecule has 0 spiro atoms. The van der Waals surface area contributed by atoms with Crippen LogP contribution in [0.4, 0.5) is 0 Å². The highest BCUT2D eigenvalue weighted by Crippen LogP contribution is 2.13. The quantitative estimate of drug-likeness (QED) is 0.872. The molecule has 1 N–H and O–H groups in total. The fourth-order valence-corrected chi connectivity index (χ4v) is 2.38. The molecule has 17 heavy (non-hydrogen) atoms. The standard InChI is InChI=1S/C13H16BrNO2/c14-11-5-3-4-10(8-11)9-17-13(16)12-6-1-2-7-15-12/h3-5,8,12,15H,1-2,6-7,9H2/t12-/m1/s1. The van der Waals surface area contributed by atoms with Crippen LogP contribution in [0.5, 0.6) is 0 Å². The number of esters is 1. The van der Waals surface area contributed by atoms with Gasteiger partial charge in [-0.3, -0.25) is 4.79 Å². The molecule has 0 bridgehead atoms. The Kier molecular flexibility index (Phi) is 4.57. The Hall–Kier alpha value is -0.870. The van der Waals surface area contributed by atoms with Crippen LogP contribution in [0, 0.1) is 0 Å². The third-order valence-corrected chi connectivity index (χ3v) is 3.36. The summed E-state index contributed by atoms with van der Waals surface area (Å²) >= 11 is 3.39. The van der Waals surface area contributed by atoms with Crippen molar-refractivity contribution in [3.63, 3.8) is 0 Å². The number of rotatable bonds is 3. The predicted molar refractivity (Wildman–Crippen MR) is 69.6 cm³/mol. The first-order valence-corrected chi connectivity index (χ1v) is 6.69. The maximum Gasteiger partial charge on any atom is 0.323 e. The molecule has 0 aliphatic carbocycles. The summed E-state index contributed by atoms with van der Waals surface area (Å²) < 4.78 is 6.30. The van der Waals surface area contributed by atoms with Crippen molar-refractivity contribution >= 4 is 21.9 Å². The largest absolute Gasteiger partial charge is 0.460 e. The third-order valence-electron chi connectivity index (χ3n) is 2.86. The Morgan fingerprint density at radius 1 is 1.47 bits per heavy atom. The molecule has 1 atom stereocenters. The lowest BCUT2D eigenvalue weighted by Crippen LogP contribution is -2.41. The molecule has 0 aromatic heterocycles. The molecular formula is C13H16BrNO2. The highest BCUT2D eigenvalue weighted by molar-refractivity contribution is 9.10. The van der Waals surface area contributed by atoms with Crippen molar-refractivity contribution in [3.05, 3.63) is 34.3 Å². The van der Waals surface area contributed by atoms with Gasteiger partial charge in [-0.2, -0.15) is 0 Å². The lowest BCUT2D eigenvalue weighted by atomic mass is 10.1. The van der Waals surface area contributed by atoms with Gasteiger partial charge in [-0.1, -0.05) is 34.5 Å². The summed E-state index contributed by atoms with van der Waals surface area (Å²) in [6.07, 6.45) is 3.14. The van der Waals surface area contributed by atoms with Gasteiger partial charge in [0.2, 0.25) is 0 Å². The van der Waals surface area contributed by atoms with Crippen LogP contribution in [0.25, 0.3) is 0 Å². The van der Waals surface area contributed by atoms with Crippen LogP contribution in [-0.2, 0) is 16.1 Å².